The summed E-state index contributed by atoms with van der Waals surface area (Å²) in [6, 6.07) is 1.58. The topological polar surface area (TPSA) is 76.8 Å². The van der Waals surface area contributed by atoms with Crippen LogP contribution in [0.15, 0.2) is 16.4 Å². The molecule has 8 heteroatoms. The molecule has 0 saturated heterocycles. The number of carbonyl (C=O) groups excluding carboxylic acids is 1. The van der Waals surface area contributed by atoms with Crippen molar-refractivity contribution in [1.29, 1.82) is 0 Å². The zero-order chi connectivity index (χ0) is 14.7. The number of esters is 1. The Labute approximate surface area is 119 Å². The highest BCUT2D eigenvalue weighted by Crippen LogP contribution is 2.08. The molecule has 0 unspecified atom stereocenters. The monoisotopic (exact) mass is 296 g/mol. The molecule has 0 aliphatic rings. The Kier molecular flexibility index (Phi) is 4.46. The number of nitrogens with zero attached hydrogens (tertiary/aromatic N) is 4. The van der Waals surface area contributed by atoms with Gasteiger partial charge in [0.05, 0.1) is 19.3 Å². The van der Waals surface area contributed by atoms with Gasteiger partial charge in [0.2, 0.25) is 4.96 Å². The molecule has 2 aromatic heterocycles. The normalized spacial score (nSPS) is 11.4. The zero-order valence-corrected chi connectivity index (χ0v) is 12.4. The lowest BCUT2D eigenvalue weighted by atomic mass is 10.2. The number of hydrogen-bond acceptors (Lipinski definition) is 7. The maximum atomic E-state index is 11.8. The van der Waals surface area contributed by atoms with Crippen molar-refractivity contribution in [3.63, 3.8) is 0 Å². The fourth-order valence-electron chi connectivity index (χ4n) is 1.74. The van der Waals surface area contributed by atoms with Gasteiger partial charge in [-0.15, -0.1) is 0 Å². The van der Waals surface area contributed by atoms with Crippen LogP contribution in [0.2, 0.25) is 0 Å². The van der Waals surface area contributed by atoms with Crippen LogP contribution in [0.1, 0.15) is 19.5 Å². The average molecular weight is 296 g/mol. The summed E-state index contributed by atoms with van der Waals surface area (Å²) >= 11 is 1.30. The van der Waals surface area contributed by atoms with Crippen LogP contribution < -0.4 is 5.56 Å². The van der Waals surface area contributed by atoms with Gasteiger partial charge < -0.3 is 4.74 Å². The number of aromatic nitrogens is 3. The third kappa shape index (κ3) is 3.20. The van der Waals surface area contributed by atoms with Gasteiger partial charge >= 0.3 is 5.97 Å². The van der Waals surface area contributed by atoms with E-state index in [0.717, 1.165) is 0 Å². The number of carbonyl (C=O) groups is 1. The van der Waals surface area contributed by atoms with Crippen molar-refractivity contribution < 1.29 is 9.53 Å². The smallest absolute Gasteiger partial charge is 0.319 e. The number of hydrogen-bond donors (Lipinski definition) is 0. The van der Waals surface area contributed by atoms with E-state index in [9.17, 15) is 9.59 Å². The molecule has 0 fully saturated rings. The van der Waals surface area contributed by atoms with E-state index in [-0.39, 0.29) is 24.1 Å². The highest BCUT2D eigenvalue weighted by molar-refractivity contribution is 7.14. The fourth-order valence-corrected chi connectivity index (χ4v) is 2.38. The van der Waals surface area contributed by atoms with Crippen molar-refractivity contribution >= 4 is 22.3 Å². The Morgan fingerprint density at radius 3 is 2.95 bits per heavy atom. The van der Waals surface area contributed by atoms with Gasteiger partial charge in [-0.2, -0.15) is 9.61 Å². The summed E-state index contributed by atoms with van der Waals surface area (Å²) < 4.78 is 5.93. The summed E-state index contributed by atoms with van der Waals surface area (Å²) in [5, 5.41) is 3.91. The van der Waals surface area contributed by atoms with E-state index in [4.69, 9.17) is 0 Å². The predicted molar refractivity (Wildman–Crippen MR) is 74.7 cm³/mol. The molecule has 2 rings (SSSR count). The van der Waals surface area contributed by atoms with Crippen LogP contribution in [0.5, 0.6) is 0 Å². The van der Waals surface area contributed by atoms with E-state index in [0.29, 0.717) is 17.2 Å². The van der Waals surface area contributed by atoms with E-state index in [1.807, 2.05) is 18.7 Å². The van der Waals surface area contributed by atoms with E-state index in [1.165, 1.54) is 29.0 Å². The maximum absolute atomic E-state index is 11.8. The van der Waals surface area contributed by atoms with E-state index in [2.05, 4.69) is 14.8 Å². The molecule has 0 aliphatic carbocycles. The minimum atomic E-state index is -0.311. The van der Waals surface area contributed by atoms with Crippen molar-refractivity contribution in [2.24, 2.45) is 0 Å². The maximum Gasteiger partial charge on any atom is 0.319 e. The fraction of sp³-hybridized carbons (Fsp3) is 0.500. The highest BCUT2D eigenvalue weighted by Gasteiger charge is 2.16. The van der Waals surface area contributed by atoms with Gasteiger partial charge in [-0.05, 0) is 13.8 Å². The van der Waals surface area contributed by atoms with Crippen molar-refractivity contribution in [3.05, 3.63) is 27.6 Å². The molecule has 108 valence electrons. The van der Waals surface area contributed by atoms with E-state index < -0.39 is 0 Å². The second kappa shape index (κ2) is 6.10. The first-order valence-electron chi connectivity index (χ1n) is 6.14. The summed E-state index contributed by atoms with van der Waals surface area (Å²) in [6.45, 7) is 4.52. The first kappa shape index (κ1) is 14.6. The van der Waals surface area contributed by atoms with Gasteiger partial charge in [0.15, 0.2) is 0 Å². The van der Waals surface area contributed by atoms with Gasteiger partial charge in [0.1, 0.15) is 5.51 Å². The van der Waals surface area contributed by atoms with Crippen LogP contribution in [0.4, 0.5) is 0 Å². The van der Waals surface area contributed by atoms with Gasteiger partial charge in [-0.1, -0.05) is 11.3 Å². The molecule has 0 atom stereocenters. The Morgan fingerprint density at radius 2 is 2.30 bits per heavy atom. The molecule has 0 N–H and O–H groups in total. The molecule has 7 nitrogen and oxygen atoms in total. The molecule has 0 saturated carbocycles. The van der Waals surface area contributed by atoms with Crippen LogP contribution in [0, 0.1) is 0 Å². The number of rotatable bonds is 5. The van der Waals surface area contributed by atoms with Gasteiger partial charge in [0, 0.05) is 18.7 Å². The van der Waals surface area contributed by atoms with Crippen molar-refractivity contribution in [2.45, 2.75) is 26.4 Å². The second-order valence-electron chi connectivity index (χ2n) is 4.59. The Balaban J connectivity index is 2.24. The minimum absolute atomic E-state index is 0.135. The Bertz CT molecular complexity index is 664. The summed E-state index contributed by atoms with van der Waals surface area (Å²) in [5.74, 6) is -0.311. The summed E-state index contributed by atoms with van der Waals surface area (Å²) in [4.78, 5) is 30.1. The molecular weight excluding hydrogens is 280 g/mol. The first-order chi connectivity index (χ1) is 9.51. The molecule has 0 bridgehead atoms. The number of fused-ring (bicyclic) bond motifs is 1. The largest absolute Gasteiger partial charge is 0.468 e. The van der Waals surface area contributed by atoms with Gasteiger partial charge in [0.25, 0.3) is 5.56 Å². The molecule has 0 spiro atoms. The van der Waals surface area contributed by atoms with Crippen LogP contribution in [0.3, 0.4) is 0 Å². The summed E-state index contributed by atoms with van der Waals surface area (Å²) in [5.41, 5.74) is 1.98. The highest BCUT2D eigenvalue weighted by atomic mass is 32.1. The zero-order valence-electron chi connectivity index (χ0n) is 11.6. The molecule has 0 radical (unpaired) electrons. The predicted octanol–water partition coefficient (Wildman–Crippen LogP) is 0.534. The van der Waals surface area contributed by atoms with Gasteiger partial charge in [-0.25, -0.2) is 4.98 Å². The third-order valence-electron chi connectivity index (χ3n) is 2.90. The van der Waals surface area contributed by atoms with Crippen molar-refractivity contribution in [1.82, 2.24) is 19.5 Å². The van der Waals surface area contributed by atoms with Crippen molar-refractivity contribution in [3.8, 4) is 0 Å². The van der Waals surface area contributed by atoms with Crippen LogP contribution in [-0.4, -0.2) is 45.2 Å². The average Bonchev–Trinajstić information content (AvgIpc) is 2.86. The second-order valence-corrected chi connectivity index (χ2v) is 5.41. The van der Waals surface area contributed by atoms with Crippen LogP contribution in [-0.2, 0) is 16.1 Å². The van der Waals surface area contributed by atoms with Crippen LogP contribution in [0.25, 0.3) is 4.96 Å². The van der Waals surface area contributed by atoms with Gasteiger partial charge in [-0.3, -0.25) is 14.5 Å². The molecule has 0 aliphatic heterocycles. The molecule has 20 heavy (non-hydrogen) atoms. The molecule has 0 aromatic carbocycles. The van der Waals surface area contributed by atoms with E-state index in [1.54, 1.807) is 5.51 Å². The first-order valence-corrected chi connectivity index (χ1v) is 7.02. The lowest BCUT2D eigenvalue weighted by Gasteiger charge is -2.24. The number of ether oxygens (including phenoxy) is 1. The summed E-state index contributed by atoms with van der Waals surface area (Å²) in [6.07, 6.45) is 0. The number of methoxy groups -OCH3 is 1. The van der Waals surface area contributed by atoms with Crippen molar-refractivity contribution in [2.75, 3.05) is 13.7 Å². The Morgan fingerprint density at radius 1 is 1.55 bits per heavy atom. The molecular formula is C12H16N4O3S. The Hall–Kier alpha value is -1.80. The van der Waals surface area contributed by atoms with Crippen LogP contribution >= 0.6 is 11.3 Å². The quantitative estimate of drug-likeness (QED) is 0.749. The van der Waals surface area contributed by atoms with E-state index >= 15 is 0 Å². The molecule has 0 amide bonds. The minimum Gasteiger partial charge on any atom is -0.468 e. The molecule has 2 aromatic rings. The SMILES string of the molecule is COC(=O)CN(Cc1cc(=O)n2ncsc2n1)C(C)C. The lowest BCUT2D eigenvalue weighted by molar-refractivity contribution is -0.142. The summed E-state index contributed by atoms with van der Waals surface area (Å²) in [7, 11) is 1.36. The lowest BCUT2D eigenvalue weighted by Crippen LogP contribution is -2.36. The standard InChI is InChI=1S/C12H16N4O3S/c1-8(2)15(6-11(18)19-3)5-9-4-10(17)16-12(14-9)20-7-13-16/h4,7-8H,5-6H2,1-3H3. The molecule has 2 heterocycles. The third-order valence-corrected chi connectivity index (χ3v) is 3.57.